The van der Waals surface area contributed by atoms with Crippen LogP contribution >= 0.6 is 15.9 Å². The van der Waals surface area contributed by atoms with Gasteiger partial charge in [0.15, 0.2) is 0 Å². The number of aliphatic hydroxyl groups excluding tert-OH is 2. The average molecular weight is 458 g/mol. The summed E-state index contributed by atoms with van der Waals surface area (Å²) in [5.74, 6) is 0.00787. The summed E-state index contributed by atoms with van der Waals surface area (Å²) in [7, 11) is -3.95. The Hall–Kier alpha value is -0.850. The Balaban J connectivity index is 2.94. The molecular formula is C15H25BrFN3O5S. The number of rotatable bonds is 12. The maximum atomic E-state index is 13.2. The van der Waals surface area contributed by atoms with E-state index in [0.717, 1.165) is 0 Å². The minimum atomic E-state index is -3.95. The van der Waals surface area contributed by atoms with Gasteiger partial charge in [0, 0.05) is 23.8 Å². The number of ether oxygens (including phenoxy) is 1. The van der Waals surface area contributed by atoms with Gasteiger partial charge in [-0.15, -0.1) is 0 Å². The number of sulfonamides is 1. The SMILES string of the molecule is CC(C)C(CNS(=O)(=O)c1cc(Br)cnc1NCC(F)CO)OCCO. The Kier molecular flexibility index (Phi) is 9.90. The zero-order valence-electron chi connectivity index (χ0n) is 14.7. The molecule has 1 aromatic heterocycles. The third kappa shape index (κ3) is 7.41. The molecule has 0 saturated heterocycles. The number of aliphatic hydroxyl groups is 2. The Labute approximate surface area is 161 Å². The Morgan fingerprint density at radius 2 is 2.04 bits per heavy atom. The number of halogens is 2. The topological polar surface area (TPSA) is 121 Å². The smallest absolute Gasteiger partial charge is 0.244 e. The summed E-state index contributed by atoms with van der Waals surface area (Å²) in [5.41, 5.74) is 0. The molecule has 11 heteroatoms. The van der Waals surface area contributed by atoms with Crippen LogP contribution in [0.25, 0.3) is 0 Å². The quantitative estimate of drug-likeness (QED) is 0.367. The van der Waals surface area contributed by atoms with Crippen molar-refractivity contribution < 1.29 is 27.8 Å². The van der Waals surface area contributed by atoms with E-state index < -0.39 is 28.9 Å². The van der Waals surface area contributed by atoms with E-state index in [1.165, 1.54) is 12.3 Å². The van der Waals surface area contributed by atoms with Gasteiger partial charge in [-0.2, -0.15) is 0 Å². The highest BCUT2D eigenvalue weighted by Crippen LogP contribution is 2.23. The van der Waals surface area contributed by atoms with Crippen LogP contribution in [-0.4, -0.2) is 68.8 Å². The van der Waals surface area contributed by atoms with Gasteiger partial charge in [-0.25, -0.2) is 22.5 Å². The van der Waals surface area contributed by atoms with Crippen LogP contribution in [0.1, 0.15) is 13.8 Å². The lowest BCUT2D eigenvalue weighted by molar-refractivity contribution is 0.00675. The minimum Gasteiger partial charge on any atom is -0.394 e. The summed E-state index contributed by atoms with van der Waals surface area (Å²) >= 11 is 3.17. The fourth-order valence-corrected chi connectivity index (χ4v) is 3.67. The van der Waals surface area contributed by atoms with E-state index in [-0.39, 0.29) is 42.9 Å². The van der Waals surface area contributed by atoms with Gasteiger partial charge in [0.2, 0.25) is 10.0 Å². The van der Waals surface area contributed by atoms with Gasteiger partial charge < -0.3 is 20.3 Å². The first-order chi connectivity index (χ1) is 12.2. The van der Waals surface area contributed by atoms with Crippen LogP contribution in [0.2, 0.25) is 0 Å². The van der Waals surface area contributed by atoms with Crippen molar-refractivity contribution in [3.8, 4) is 0 Å². The van der Waals surface area contributed by atoms with E-state index in [1.54, 1.807) is 0 Å². The molecule has 0 aliphatic carbocycles. The van der Waals surface area contributed by atoms with E-state index in [2.05, 4.69) is 31.0 Å². The first kappa shape index (κ1) is 23.2. The molecule has 0 spiro atoms. The molecule has 8 nitrogen and oxygen atoms in total. The maximum absolute atomic E-state index is 13.2. The van der Waals surface area contributed by atoms with Crippen molar-refractivity contribution in [1.29, 1.82) is 0 Å². The van der Waals surface area contributed by atoms with Crippen molar-refractivity contribution >= 4 is 31.8 Å². The highest BCUT2D eigenvalue weighted by Gasteiger charge is 2.23. The molecule has 0 fully saturated rings. The normalized spacial score (nSPS) is 14.4. The molecule has 26 heavy (non-hydrogen) atoms. The monoisotopic (exact) mass is 457 g/mol. The number of pyridine rings is 1. The molecular weight excluding hydrogens is 433 g/mol. The Bertz CT molecular complexity index is 663. The Morgan fingerprint density at radius 1 is 1.35 bits per heavy atom. The predicted molar refractivity (Wildman–Crippen MR) is 99.3 cm³/mol. The summed E-state index contributed by atoms with van der Waals surface area (Å²) in [6.45, 7) is 2.75. The number of hydrogen-bond donors (Lipinski definition) is 4. The van der Waals surface area contributed by atoms with Crippen molar-refractivity contribution in [1.82, 2.24) is 9.71 Å². The number of alkyl halides is 1. The van der Waals surface area contributed by atoms with Gasteiger partial charge in [-0.05, 0) is 27.9 Å². The molecule has 2 atom stereocenters. The molecule has 0 aliphatic rings. The second-order valence-corrected chi connectivity index (χ2v) is 8.54. The number of anilines is 1. The van der Waals surface area contributed by atoms with Crippen LogP contribution in [-0.2, 0) is 14.8 Å². The van der Waals surface area contributed by atoms with E-state index in [1.807, 2.05) is 13.8 Å². The van der Waals surface area contributed by atoms with Crippen LogP contribution < -0.4 is 10.0 Å². The zero-order chi connectivity index (χ0) is 19.7. The van der Waals surface area contributed by atoms with Gasteiger partial charge in [0.05, 0.1) is 25.9 Å². The number of aromatic nitrogens is 1. The van der Waals surface area contributed by atoms with Gasteiger partial charge in [0.25, 0.3) is 0 Å². The molecule has 0 bridgehead atoms. The van der Waals surface area contributed by atoms with E-state index in [4.69, 9.17) is 14.9 Å². The van der Waals surface area contributed by atoms with Gasteiger partial charge in [-0.1, -0.05) is 13.8 Å². The number of nitrogens with one attached hydrogen (secondary N) is 2. The van der Waals surface area contributed by atoms with Crippen molar-refractivity contribution in [3.05, 3.63) is 16.7 Å². The third-order valence-corrected chi connectivity index (χ3v) is 5.31. The maximum Gasteiger partial charge on any atom is 0.244 e. The largest absolute Gasteiger partial charge is 0.394 e. The first-order valence-electron chi connectivity index (χ1n) is 8.07. The van der Waals surface area contributed by atoms with Gasteiger partial charge >= 0.3 is 0 Å². The van der Waals surface area contributed by atoms with Crippen molar-refractivity contribution in [3.63, 3.8) is 0 Å². The predicted octanol–water partition coefficient (Wildman–Crippen LogP) is 0.898. The molecule has 0 radical (unpaired) electrons. The fraction of sp³-hybridized carbons (Fsp3) is 0.667. The van der Waals surface area contributed by atoms with Crippen molar-refractivity contribution in [2.24, 2.45) is 5.92 Å². The van der Waals surface area contributed by atoms with Crippen LogP contribution in [0.15, 0.2) is 21.6 Å². The van der Waals surface area contributed by atoms with E-state index in [9.17, 15) is 12.8 Å². The van der Waals surface area contributed by atoms with Crippen LogP contribution in [0.3, 0.4) is 0 Å². The molecule has 0 aromatic carbocycles. The molecule has 2 unspecified atom stereocenters. The minimum absolute atomic E-state index is 0.00826. The fourth-order valence-electron chi connectivity index (χ4n) is 1.99. The summed E-state index contributed by atoms with van der Waals surface area (Å²) < 4.78 is 46.9. The molecule has 150 valence electrons. The highest BCUT2D eigenvalue weighted by atomic mass is 79.9. The zero-order valence-corrected chi connectivity index (χ0v) is 17.1. The van der Waals surface area contributed by atoms with Crippen LogP contribution in [0.5, 0.6) is 0 Å². The molecule has 0 amide bonds. The lowest BCUT2D eigenvalue weighted by atomic mass is 10.1. The molecule has 1 rings (SSSR count). The van der Waals surface area contributed by atoms with Crippen molar-refractivity contribution in [2.45, 2.75) is 31.0 Å². The Morgan fingerprint density at radius 3 is 2.62 bits per heavy atom. The van der Waals surface area contributed by atoms with Gasteiger partial charge in [-0.3, -0.25) is 0 Å². The standard InChI is InChI=1S/C15H25BrFN3O5S/c1-10(2)13(25-4-3-21)8-20-26(23,24)14-5-11(16)6-18-15(14)19-7-12(17)9-22/h5-6,10,12-13,20-22H,3-4,7-9H2,1-2H3,(H,18,19). The molecule has 1 heterocycles. The summed E-state index contributed by atoms with van der Waals surface area (Å²) in [6, 6.07) is 1.35. The van der Waals surface area contributed by atoms with Crippen LogP contribution in [0.4, 0.5) is 10.2 Å². The first-order valence-corrected chi connectivity index (χ1v) is 10.3. The second-order valence-electron chi connectivity index (χ2n) is 5.89. The molecule has 1 aromatic rings. The third-order valence-electron chi connectivity index (χ3n) is 3.44. The highest BCUT2D eigenvalue weighted by molar-refractivity contribution is 9.10. The molecule has 4 N–H and O–H groups in total. The summed E-state index contributed by atoms with van der Waals surface area (Å²) in [4.78, 5) is 3.82. The molecule has 0 saturated carbocycles. The second kappa shape index (κ2) is 11.1. The van der Waals surface area contributed by atoms with Crippen LogP contribution in [0, 0.1) is 5.92 Å². The number of hydrogen-bond acceptors (Lipinski definition) is 7. The number of nitrogens with zero attached hydrogens (tertiary/aromatic N) is 1. The summed E-state index contributed by atoms with van der Waals surface area (Å²) in [5, 5.41) is 20.2. The molecule has 0 aliphatic heterocycles. The van der Waals surface area contributed by atoms with Crippen molar-refractivity contribution in [2.75, 3.05) is 38.2 Å². The summed E-state index contributed by atoms with van der Waals surface area (Å²) in [6.07, 6.45) is -0.575. The lowest BCUT2D eigenvalue weighted by Gasteiger charge is -2.22. The van der Waals surface area contributed by atoms with E-state index in [0.29, 0.717) is 4.47 Å². The van der Waals surface area contributed by atoms with Gasteiger partial charge in [0.1, 0.15) is 16.9 Å². The average Bonchev–Trinajstić information content (AvgIpc) is 2.59. The lowest BCUT2D eigenvalue weighted by Crippen LogP contribution is -2.37. The van der Waals surface area contributed by atoms with E-state index >= 15 is 0 Å².